The topological polar surface area (TPSA) is 120 Å². The second-order valence-corrected chi connectivity index (χ2v) is 6.45. The van der Waals surface area contributed by atoms with Gasteiger partial charge in [0.25, 0.3) is 5.91 Å². The maximum absolute atomic E-state index is 12.4. The molecular weight excluding hydrogens is 463 g/mol. The van der Waals surface area contributed by atoms with Crippen molar-refractivity contribution in [3.05, 3.63) is 56.7 Å². The van der Waals surface area contributed by atoms with Gasteiger partial charge in [0.15, 0.2) is 11.5 Å². The summed E-state index contributed by atoms with van der Waals surface area (Å²) in [5.74, 6) is -1.56. The Labute approximate surface area is 169 Å². The molecule has 3 N–H and O–H groups in total. The summed E-state index contributed by atoms with van der Waals surface area (Å²) in [5, 5.41) is 30.8. The summed E-state index contributed by atoms with van der Waals surface area (Å²) in [6, 6.07) is 10.7. The SMILES string of the molecule is CCOc1cc(/C=C(/C#N)C(=O)Nc2cccc(C(=O)O)c2)cc(I)c1O. The van der Waals surface area contributed by atoms with Crippen molar-refractivity contribution in [3.8, 4) is 17.6 Å². The molecule has 2 aromatic carbocycles. The van der Waals surface area contributed by atoms with Crippen molar-refractivity contribution in [1.29, 1.82) is 5.26 Å². The van der Waals surface area contributed by atoms with Crippen LogP contribution in [0.5, 0.6) is 11.5 Å². The van der Waals surface area contributed by atoms with Gasteiger partial charge in [-0.15, -0.1) is 0 Å². The minimum atomic E-state index is -1.12. The highest BCUT2D eigenvalue weighted by Crippen LogP contribution is 2.33. The highest BCUT2D eigenvalue weighted by atomic mass is 127. The molecule has 0 heterocycles. The van der Waals surface area contributed by atoms with E-state index >= 15 is 0 Å². The number of phenolic OH excluding ortho intramolecular Hbond substituents is 1. The third-order valence-corrected chi connectivity index (χ3v) is 4.22. The first-order chi connectivity index (χ1) is 12.8. The van der Waals surface area contributed by atoms with E-state index in [1.54, 1.807) is 13.0 Å². The molecule has 0 aromatic heterocycles. The number of amides is 1. The van der Waals surface area contributed by atoms with Crippen molar-refractivity contribution in [2.75, 3.05) is 11.9 Å². The normalized spacial score (nSPS) is 10.8. The number of aromatic hydroxyl groups is 1. The summed E-state index contributed by atoms with van der Waals surface area (Å²) < 4.78 is 5.85. The summed E-state index contributed by atoms with van der Waals surface area (Å²) in [7, 11) is 0. The molecule has 7 nitrogen and oxygen atoms in total. The van der Waals surface area contributed by atoms with Crippen LogP contribution in [0.25, 0.3) is 6.08 Å². The molecule has 0 aliphatic carbocycles. The Morgan fingerprint density at radius 2 is 2.07 bits per heavy atom. The van der Waals surface area contributed by atoms with Crippen LogP contribution in [0.2, 0.25) is 0 Å². The predicted octanol–water partition coefficient (Wildman–Crippen LogP) is 3.64. The Bertz CT molecular complexity index is 963. The number of ether oxygens (including phenoxy) is 1. The average Bonchev–Trinajstić information content (AvgIpc) is 2.63. The van der Waals surface area contributed by atoms with E-state index in [1.807, 2.05) is 28.7 Å². The number of nitrogens with zero attached hydrogens (tertiary/aromatic N) is 1. The fourth-order valence-corrected chi connectivity index (χ4v) is 2.81. The van der Waals surface area contributed by atoms with E-state index in [4.69, 9.17) is 9.84 Å². The number of nitrogens with one attached hydrogen (secondary N) is 1. The number of carboxylic acids is 1. The van der Waals surface area contributed by atoms with Crippen LogP contribution in [-0.4, -0.2) is 28.7 Å². The summed E-state index contributed by atoms with van der Waals surface area (Å²) in [5.41, 5.74) is 0.604. The zero-order valence-corrected chi connectivity index (χ0v) is 16.4. The number of anilines is 1. The first kappa shape index (κ1) is 20.3. The van der Waals surface area contributed by atoms with E-state index < -0.39 is 11.9 Å². The number of carbonyl (C=O) groups excluding carboxylic acids is 1. The molecule has 27 heavy (non-hydrogen) atoms. The highest BCUT2D eigenvalue weighted by Gasteiger charge is 2.13. The molecule has 0 fully saturated rings. The lowest BCUT2D eigenvalue weighted by Gasteiger charge is -2.09. The van der Waals surface area contributed by atoms with Crippen LogP contribution >= 0.6 is 22.6 Å². The first-order valence-corrected chi connectivity index (χ1v) is 8.85. The smallest absolute Gasteiger partial charge is 0.335 e. The first-order valence-electron chi connectivity index (χ1n) is 7.77. The van der Waals surface area contributed by atoms with Crippen molar-refractivity contribution >= 4 is 46.2 Å². The molecule has 138 valence electrons. The van der Waals surface area contributed by atoms with Crippen molar-refractivity contribution in [3.63, 3.8) is 0 Å². The molecule has 0 saturated carbocycles. The van der Waals surface area contributed by atoms with Crippen LogP contribution in [-0.2, 0) is 4.79 Å². The number of nitriles is 1. The number of phenols is 1. The van der Waals surface area contributed by atoms with Gasteiger partial charge in [-0.3, -0.25) is 4.79 Å². The molecule has 0 spiro atoms. The van der Waals surface area contributed by atoms with E-state index in [1.165, 1.54) is 36.4 Å². The van der Waals surface area contributed by atoms with Crippen LogP contribution in [0, 0.1) is 14.9 Å². The molecule has 0 saturated heterocycles. The van der Waals surface area contributed by atoms with Gasteiger partial charge in [0.2, 0.25) is 0 Å². The largest absolute Gasteiger partial charge is 0.504 e. The molecule has 0 bridgehead atoms. The van der Waals surface area contributed by atoms with Gasteiger partial charge in [0.1, 0.15) is 11.6 Å². The van der Waals surface area contributed by atoms with Crippen LogP contribution < -0.4 is 10.1 Å². The van der Waals surface area contributed by atoms with E-state index in [-0.39, 0.29) is 28.3 Å². The zero-order valence-electron chi connectivity index (χ0n) is 14.2. The molecule has 0 radical (unpaired) electrons. The highest BCUT2D eigenvalue weighted by molar-refractivity contribution is 14.1. The number of hydrogen-bond donors (Lipinski definition) is 3. The Morgan fingerprint density at radius 3 is 2.70 bits per heavy atom. The summed E-state index contributed by atoms with van der Waals surface area (Å²) in [6.45, 7) is 2.12. The lowest BCUT2D eigenvalue weighted by Crippen LogP contribution is -2.14. The molecule has 1 amide bonds. The van der Waals surface area contributed by atoms with Crippen molar-refractivity contribution in [2.24, 2.45) is 0 Å². The van der Waals surface area contributed by atoms with Gasteiger partial charge >= 0.3 is 5.97 Å². The number of carboxylic acid groups (broad SMARTS) is 1. The van der Waals surface area contributed by atoms with Crippen LogP contribution in [0.1, 0.15) is 22.8 Å². The third-order valence-electron chi connectivity index (χ3n) is 3.39. The Morgan fingerprint density at radius 1 is 1.33 bits per heavy atom. The predicted molar refractivity (Wildman–Crippen MR) is 108 cm³/mol. The molecule has 0 aliphatic rings. The Balaban J connectivity index is 2.31. The van der Waals surface area contributed by atoms with Crippen molar-refractivity contribution in [2.45, 2.75) is 6.92 Å². The second-order valence-electron chi connectivity index (χ2n) is 5.29. The average molecular weight is 478 g/mol. The van der Waals surface area contributed by atoms with Crippen molar-refractivity contribution < 1.29 is 24.5 Å². The fraction of sp³-hybridized carbons (Fsp3) is 0.105. The van der Waals surface area contributed by atoms with Crippen molar-refractivity contribution in [1.82, 2.24) is 0 Å². The van der Waals surface area contributed by atoms with Gasteiger partial charge in [0.05, 0.1) is 15.7 Å². The van der Waals surface area contributed by atoms with Gasteiger partial charge in [-0.05, 0) is 71.5 Å². The molecule has 0 unspecified atom stereocenters. The maximum atomic E-state index is 12.4. The number of rotatable bonds is 6. The molecule has 8 heteroatoms. The minimum Gasteiger partial charge on any atom is -0.504 e. The minimum absolute atomic E-state index is 0.0111. The summed E-state index contributed by atoms with van der Waals surface area (Å²) in [4.78, 5) is 23.4. The standard InChI is InChI=1S/C19H15IN2O5/c1-2-27-16-8-11(7-15(20)17(16)23)6-13(10-21)18(24)22-14-5-3-4-12(9-14)19(25)26/h3-9,23H,2H2,1H3,(H,22,24)(H,25,26)/b13-6-. The van der Waals surface area contributed by atoms with E-state index in [0.717, 1.165) is 0 Å². The lowest BCUT2D eigenvalue weighted by atomic mass is 10.1. The van der Waals surface area contributed by atoms with Gasteiger partial charge in [-0.25, -0.2) is 4.79 Å². The van der Waals surface area contributed by atoms with Crippen LogP contribution in [0.4, 0.5) is 5.69 Å². The van der Waals surface area contributed by atoms with Crippen LogP contribution in [0.3, 0.4) is 0 Å². The van der Waals surface area contributed by atoms with E-state index in [9.17, 15) is 20.0 Å². The van der Waals surface area contributed by atoms with Gasteiger partial charge in [-0.1, -0.05) is 6.07 Å². The maximum Gasteiger partial charge on any atom is 0.335 e. The fourth-order valence-electron chi connectivity index (χ4n) is 2.19. The Kier molecular flexibility index (Phi) is 6.79. The third kappa shape index (κ3) is 5.21. The summed E-state index contributed by atoms with van der Waals surface area (Å²) in [6.07, 6.45) is 1.36. The van der Waals surface area contributed by atoms with E-state index in [2.05, 4.69) is 5.32 Å². The lowest BCUT2D eigenvalue weighted by molar-refractivity contribution is -0.112. The molecule has 0 aliphatic heterocycles. The quantitative estimate of drug-likeness (QED) is 0.332. The Hall–Kier alpha value is -3.06. The van der Waals surface area contributed by atoms with Gasteiger partial charge in [-0.2, -0.15) is 5.26 Å². The number of hydrogen-bond acceptors (Lipinski definition) is 5. The monoisotopic (exact) mass is 478 g/mol. The number of carbonyl (C=O) groups is 2. The molecule has 0 atom stereocenters. The summed E-state index contributed by atoms with van der Waals surface area (Å²) >= 11 is 1.92. The number of aromatic carboxylic acids is 1. The van der Waals surface area contributed by atoms with E-state index in [0.29, 0.717) is 15.7 Å². The molecule has 2 aromatic rings. The number of benzene rings is 2. The van der Waals surface area contributed by atoms with Crippen LogP contribution in [0.15, 0.2) is 42.0 Å². The van der Waals surface area contributed by atoms with Gasteiger partial charge in [0, 0.05) is 5.69 Å². The molecule has 2 rings (SSSR count). The second kappa shape index (κ2) is 9.05. The zero-order chi connectivity index (χ0) is 20.0. The van der Waals surface area contributed by atoms with Gasteiger partial charge < -0.3 is 20.3 Å². The number of halogens is 1. The molecular formula is C19H15IN2O5.